The summed E-state index contributed by atoms with van der Waals surface area (Å²) in [6, 6.07) is 3.22. The van der Waals surface area contributed by atoms with Gasteiger partial charge in [-0.05, 0) is 25.1 Å². The van der Waals surface area contributed by atoms with Crippen LogP contribution in [0.5, 0.6) is 17.2 Å². The van der Waals surface area contributed by atoms with Crippen LogP contribution < -0.4 is 25.3 Å². The summed E-state index contributed by atoms with van der Waals surface area (Å²) in [6.07, 6.45) is 0.732. The van der Waals surface area contributed by atoms with Crippen molar-refractivity contribution < 1.29 is 19.0 Å². The van der Waals surface area contributed by atoms with Crippen LogP contribution in [-0.4, -0.2) is 40.3 Å². The number of nitrogens with two attached hydrogens (primary N) is 1. The molecule has 6 nitrogen and oxygen atoms in total. The average molecular weight is 305 g/mol. The first-order valence-corrected chi connectivity index (χ1v) is 5.96. The summed E-state index contributed by atoms with van der Waals surface area (Å²) in [5.41, 5.74) is 5.83. The molecule has 0 fully saturated rings. The summed E-state index contributed by atoms with van der Waals surface area (Å²) in [5.74, 6) is 1.16. The largest absolute Gasteiger partial charge is 0.493 e. The molecule has 1 rings (SSSR count). The Hall–Kier alpha value is -1.66. The second-order valence-electron chi connectivity index (χ2n) is 3.81. The Morgan fingerprint density at radius 3 is 2.10 bits per heavy atom. The van der Waals surface area contributed by atoms with E-state index in [2.05, 4.69) is 5.32 Å². The van der Waals surface area contributed by atoms with Gasteiger partial charge in [-0.25, -0.2) is 0 Å². The number of carbonyl (C=O) groups is 1. The van der Waals surface area contributed by atoms with Gasteiger partial charge in [-0.3, -0.25) is 4.79 Å². The SMILES string of the molecule is COc1cc(C(=O)NCCCN)cc(OC)c1OC.Cl. The highest BCUT2D eigenvalue weighted by atomic mass is 35.5. The number of halogens is 1. The molecule has 114 valence electrons. The Balaban J connectivity index is 0.00000361. The van der Waals surface area contributed by atoms with E-state index >= 15 is 0 Å². The minimum absolute atomic E-state index is 0. The van der Waals surface area contributed by atoms with Crippen LogP contribution in [0.2, 0.25) is 0 Å². The van der Waals surface area contributed by atoms with Gasteiger partial charge >= 0.3 is 0 Å². The third-order valence-corrected chi connectivity index (χ3v) is 2.59. The number of nitrogens with one attached hydrogen (secondary N) is 1. The van der Waals surface area contributed by atoms with E-state index in [1.165, 1.54) is 21.3 Å². The van der Waals surface area contributed by atoms with E-state index in [9.17, 15) is 4.79 Å². The highest BCUT2D eigenvalue weighted by Gasteiger charge is 2.16. The van der Waals surface area contributed by atoms with Crippen LogP contribution in [0.3, 0.4) is 0 Å². The first-order valence-electron chi connectivity index (χ1n) is 5.96. The van der Waals surface area contributed by atoms with Gasteiger partial charge in [0.1, 0.15) is 0 Å². The first-order chi connectivity index (χ1) is 9.17. The first kappa shape index (κ1) is 18.3. The summed E-state index contributed by atoms with van der Waals surface area (Å²) >= 11 is 0. The third-order valence-electron chi connectivity index (χ3n) is 2.59. The Kier molecular flexibility index (Phi) is 8.51. The molecule has 0 atom stereocenters. The molecule has 0 bridgehead atoms. The number of hydrogen-bond acceptors (Lipinski definition) is 5. The molecular formula is C13H21ClN2O4. The predicted octanol–water partition coefficient (Wildman–Crippen LogP) is 1.21. The van der Waals surface area contributed by atoms with Gasteiger partial charge in [0.25, 0.3) is 5.91 Å². The summed E-state index contributed by atoms with van der Waals surface area (Å²) in [4.78, 5) is 12.0. The van der Waals surface area contributed by atoms with Gasteiger partial charge in [-0.15, -0.1) is 12.4 Å². The molecule has 7 heteroatoms. The van der Waals surface area contributed by atoms with Gasteiger partial charge in [0, 0.05) is 12.1 Å². The number of ether oxygens (including phenoxy) is 3. The lowest BCUT2D eigenvalue weighted by Crippen LogP contribution is -2.26. The summed E-state index contributed by atoms with van der Waals surface area (Å²) in [5, 5.41) is 2.77. The number of methoxy groups -OCH3 is 3. The standard InChI is InChI=1S/C13H20N2O4.ClH/c1-17-10-7-9(13(16)15-6-4-5-14)8-11(18-2)12(10)19-3;/h7-8H,4-6,14H2,1-3H3,(H,15,16);1H. The summed E-state index contributed by atoms with van der Waals surface area (Å²) < 4.78 is 15.6. The van der Waals surface area contributed by atoms with Crippen molar-refractivity contribution in [2.45, 2.75) is 6.42 Å². The second kappa shape index (κ2) is 9.28. The average Bonchev–Trinajstić information content (AvgIpc) is 2.45. The van der Waals surface area contributed by atoms with E-state index in [0.29, 0.717) is 35.9 Å². The van der Waals surface area contributed by atoms with E-state index in [1.54, 1.807) is 12.1 Å². The highest BCUT2D eigenvalue weighted by molar-refractivity contribution is 5.95. The van der Waals surface area contributed by atoms with E-state index in [0.717, 1.165) is 6.42 Å². The predicted molar refractivity (Wildman–Crippen MR) is 79.4 cm³/mol. The van der Waals surface area contributed by atoms with Crippen molar-refractivity contribution >= 4 is 18.3 Å². The monoisotopic (exact) mass is 304 g/mol. The van der Waals surface area contributed by atoms with Gasteiger partial charge < -0.3 is 25.3 Å². The lowest BCUT2D eigenvalue weighted by atomic mass is 10.1. The molecule has 1 amide bonds. The van der Waals surface area contributed by atoms with E-state index in [4.69, 9.17) is 19.9 Å². The number of hydrogen-bond donors (Lipinski definition) is 2. The fraction of sp³-hybridized carbons (Fsp3) is 0.462. The van der Waals surface area contributed by atoms with E-state index < -0.39 is 0 Å². The number of amides is 1. The fourth-order valence-corrected chi connectivity index (χ4v) is 1.62. The van der Waals surface area contributed by atoms with Crippen LogP contribution in [-0.2, 0) is 0 Å². The second-order valence-corrected chi connectivity index (χ2v) is 3.81. The normalized spacial score (nSPS) is 9.40. The topological polar surface area (TPSA) is 82.8 Å². The zero-order valence-corrected chi connectivity index (χ0v) is 12.7. The minimum atomic E-state index is -0.201. The Bertz CT molecular complexity index is 415. The Morgan fingerprint density at radius 2 is 1.70 bits per heavy atom. The zero-order chi connectivity index (χ0) is 14.3. The van der Waals surface area contributed by atoms with Crippen LogP contribution in [0.1, 0.15) is 16.8 Å². The lowest BCUT2D eigenvalue weighted by Gasteiger charge is -2.14. The number of rotatable bonds is 7. The molecule has 0 radical (unpaired) electrons. The molecule has 20 heavy (non-hydrogen) atoms. The van der Waals surface area contributed by atoms with E-state index in [-0.39, 0.29) is 18.3 Å². The van der Waals surface area contributed by atoms with Crippen LogP contribution in [0.15, 0.2) is 12.1 Å². The summed E-state index contributed by atoms with van der Waals surface area (Å²) in [6.45, 7) is 1.07. The molecule has 3 N–H and O–H groups in total. The van der Waals surface area contributed by atoms with Crippen LogP contribution in [0, 0.1) is 0 Å². The van der Waals surface area contributed by atoms with Gasteiger partial charge in [0.15, 0.2) is 11.5 Å². The van der Waals surface area contributed by atoms with Crippen LogP contribution >= 0.6 is 12.4 Å². The van der Waals surface area contributed by atoms with Crippen molar-refractivity contribution in [2.75, 3.05) is 34.4 Å². The molecule has 0 aliphatic heterocycles. The number of carbonyl (C=O) groups excluding carboxylic acids is 1. The quantitative estimate of drug-likeness (QED) is 0.740. The Morgan fingerprint density at radius 1 is 1.15 bits per heavy atom. The molecule has 0 unspecified atom stereocenters. The van der Waals surface area contributed by atoms with Crippen molar-refractivity contribution in [1.29, 1.82) is 0 Å². The van der Waals surface area contributed by atoms with Gasteiger partial charge in [-0.1, -0.05) is 0 Å². The summed E-state index contributed by atoms with van der Waals surface area (Å²) in [7, 11) is 4.53. The van der Waals surface area contributed by atoms with Gasteiger partial charge in [-0.2, -0.15) is 0 Å². The maximum Gasteiger partial charge on any atom is 0.251 e. The molecule has 0 heterocycles. The lowest BCUT2D eigenvalue weighted by molar-refractivity contribution is 0.0952. The number of benzene rings is 1. The maximum absolute atomic E-state index is 12.0. The molecule has 0 aliphatic carbocycles. The molecule has 0 spiro atoms. The van der Waals surface area contributed by atoms with Crippen LogP contribution in [0.25, 0.3) is 0 Å². The van der Waals surface area contributed by atoms with Crippen molar-refractivity contribution in [1.82, 2.24) is 5.32 Å². The minimum Gasteiger partial charge on any atom is -0.493 e. The van der Waals surface area contributed by atoms with Crippen molar-refractivity contribution in [3.63, 3.8) is 0 Å². The molecule has 0 saturated heterocycles. The van der Waals surface area contributed by atoms with Crippen LogP contribution in [0.4, 0.5) is 0 Å². The Labute approximate surface area is 125 Å². The highest BCUT2D eigenvalue weighted by Crippen LogP contribution is 2.38. The smallest absolute Gasteiger partial charge is 0.251 e. The van der Waals surface area contributed by atoms with Crippen molar-refractivity contribution in [2.24, 2.45) is 5.73 Å². The molecular weight excluding hydrogens is 284 g/mol. The third kappa shape index (κ3) is 4.47. The van der Waals surface area contributed by atoms with Gasteiger partial charge in [0.05, 0.1) is 21.3 Å². The molecule has 1 aromatic rings. The molecule has 0 aliphatic rings. The van der Waals surface area contributed by atoms with E-state index in [1.807, 2.05) is 0 Å². The fourth-order valence-electron chi connectivity index (χ4n) is 1.62. The van der Waals surface area contributed by atoms with Crippen molar-refractivity contribution in [3.05, 3.63) is 17.7 Å². The van der Waals surface area contributed by atoms with Crippen molar-refractivity contribution in [3.8, 4) is 17.2 Å². The molecule has 1 aromatic carbocycles. The maximum atomic E-state index is 12.0. The molecule has 0 saturated carbocycles. The molecule has 0 aromatic heterocycles. The van der Waals surface area contributed by atoms with Gasteiger partial charge in [0.2, 0.25) is 5.75 Å². The zero-order valence-electron chi connectivity index (χ0n) is 11.9.